The molecule has 2 heterocycles. The molecular formula is C15H14BrN3O. The molecule has 1 aliphatic rings. The fraction of sp³-hybridized carbons (Fsp3) is 0.200. The predicted molar refractivity (Wildman–Crippen MR) is 81.3 cm³/mol. The van der Waals surface area contributed by atoms with Gasteiger partial charge in [-0.25, -0.2) is 4.98 Å². The zero-order chi connectivity index (χ0) is 13.9. The number of hydrogen-bond acceptors (Lipinski definition) is 3. The van der Waals surface area contributed by atoms with E-state index in [0.717, 1.165) is 11.0 Å². The number of fused-ring (bicyclic) bond motifs is 1. The standard InChI is InChI=1S/C15H14BrN3O/c16-12-5-6-14(18-9-12)19-15(20)13-7-10-3-1-2-4-11(10)8-17-13/h1-6,9,13,17H,7-8H2,(H,18,19,20). The third-order valence-corrected chi connectivity index (χ3v) is 3.85. The maximum absolute atomic E-state index is 12.2. The van der Waals surface area contributed by atoms with E-state index < -0.39 is 0 Å². The molecule has 0 bridgehead atoms. The second-order valence-electron chi connectivity index (χ2n) is 4.76. The summed E-state index contributed by atoms with van der Waals surface area (Å²) in [7, 11) is 0. The number of pyridine rings is 1. The number of nitrogens with one attached hydrogen (secondary N) is 2. The molecule has 1 aliphatic heterocycles. The van der Waals surface area contributed by atoms with Gasteiger partial charge in [0.25, 0.3) is 0 Å². The summed E-state index contributed by atoms with van der Waals surface area (Å²) in [4.78, 5) is 16.4. The summed E-state index contributed by atoms with van der Waals surface area (Å²) in [5, 5.41) is 6.09. The number of benzene rings is 1. The topological polar surface area (TPSA) is 54.0 Å². The number of carbonyl (C=O) groups is 1. The molecule has 1 amide bonds. The summed E-state index contributed by atoms with van der Waals surface area (Å²) in [6.07, 6.45) is 2.37. The highest BCUT2D eigenvalue weighted by Gasteiger charge is 2.23. The molecule has 0 fully saturated rings. The third-order valence-electron chi connectivity index (χ3n) is 3.38. The first kappa shape index (κ1) is 13.3. The van der Waals surface area contributed by atoms with Crippen LogP contribution >= 0.6 is 15.9 Å². The number of aromatic nitrogens is 1. The smallest absolute Gasteiger partial charge is 0.243 e. The fourth-order valence-corrected chi connectivity index (χ4v) is 2.54. The van der Waals surface area contributed by atoms with E-state index in [4.69, 9.17) is 0 Å². The molecule has 102 valence electrons. The summed E-state index contributed by atoms with van der Waals surface area (Å²) >= 11 is 3.32. The van der Waals surface area contributed by atoms with E-state index in [1.165, 1.54) is 11.1 Å². The van der Waals surface area contributed by atoms with Crippen LogP contribution in [0.2, 0.25) is 0 Å². The maximum atomic E-state index is 12.2. The van der Waals surface area contributed by atoms with Crippen molar-refractivity contribution in [1.82, 2.24) is 10.3 Å². The molecule has 0 aliphatic carbocycles. The zero-order valence-corrected chi connectivity index (χ0v) is 12.4. The van der Waals surface area contributed by atoms with E-state index in [1.807, 2.05) is 18.2 Å². The second kappa shape index (κ2) is 5.73. The Kier molecular flexibility index (Phi) is 3.80. The van der Waals surface area contributed by atoms with E-state index in [1.54, 1.807) is 12.3 Å². The van der Waals surface area contributed by atoms with Crippen molar-refractivity contribution in [3.63, 3.8) is 0 Å². The Balaban J connectivity index is 1.68. The summed E-state index contributed by atoms with van der Waals surface area (Å²) < 4.78 is 0.889. The van der Waals surface area contributed by atoms with E-state index in [9.17, 15) is 4.79 Å². The van der Waals surface area contributed by atoms with Crippen LogP contribution in [0.1, 0.15) is 11.1 Å². The van der Waals surface area contributed by atoms with Gasteiger partial charge in [0.1, 0.15) is 5.82 Å². The van der Waals surface area contributed by atoms with Crippen molar-refractivity contribution >= 4 is 27.7 Å². The van der Waals surface area contributed by atoms with Gasteiger partial charge in [-0.15, -0.1) is 0 Å². The fourth-order valence-electron chi connectivity index (χ4n) is 2.30. The minimum absolute atomic E-state index is 0.0469. The summed E-state index contributed by atoms with van der Waals surface area (Å²) in [6, 6.07) is 11.6. The molecule has 0 radical (unpaired) electrons. The molecule has 0 spiro atoms. The molecule has 4 nitrogen and oxygen atoms in total. The molecule has 0 saturated heterocycles. The van der Waals surface area contributed by atoms with Crippen molar-refractivity contribution in [1.29, 1.82) is 0 Å². The van der Waals surface area contributed by atoms with Crippen LogP contribution in [0.25, 0.3) is 0 Å². The average molecular weight is 332 g/mol. The predicted octanol–water partition coefficient (Wildman–Crippen LogP) is 2.50. The van der Waals surface area contributed by atoms with Crippen LogP contribution in [0.5, 0.6) is 0 Å². The highest BCUT2D eigenvalue weighted by molar-refractivity contribution is 9.10. The van der Waals surface area contributed by atoms with Crippen LogP contribution in [0, 0.1) is 0 Å². The highest BCUT2D eigenvalue weighted by atomic mass is 79.9. The van der Waals surface area contributed by atoms with Gasteiger partial charge >= 0.3 is 0 Å². The molecule has 1 aromatic heterocycles. The van der Waals surface area contributed by atoms with Crippen LogP contribution in [0.4, 0.5) is 5.82 Å². The number of amides is 1. The molecule has 0 saturated carbocycles. The normalized spacial score (nSPS) is 17.4. The number of rotatable bonds is 2. The Morgan fingerprint density at radius 1 is 1.25 bits per heavy atom. The van der Waals surface area contributed by atoms with Gasteiger partial charge in [0, 0.05) is 17.2 Å². The summed E-state index contributed by atoms with van der Waals surface area (Å²) in [6.45, 7) is 0.724. The minimum Gasteiger partial charge on any atom is -0.309 e. The van der Waals surface area contributed by atoms with Crippen molar-refractivity contribution in [3.8, 4) is 0 Å². The average Bonchev–Trinajstić information content (AvgIpc) is 2.49. The minimum atomic E-state index is -0.213. The van der Waals surface area contributed by atoms with Crippen molar-refractivity contribution in [2.75, 3.05) is 5.32 Å². The van der Waals surface area contributed by atoms with Crippen LogP contribution in [0.15, 0.2) is 47.1 Å². The zero-order valence-electron chi connectivity index (χ0n) is 10.8. The molecule has 2 N–H and O–H groups in total. The number of nitrogens with zero attached hydrogens (tertiary/aromatic N) is 1. The number of halogens is 1. The summed E-state index contributed by atoms with van der Waals surface area (Å²) in [5.74, 6) is 0.521. The number of anilines is 1. The molecule has 2 aromatic rings. The Labute approximate surface area is 125 Å². The lowest BCUT2D eigenvalue weighted by Gasteiger charge is -2.25. The van der Waals surface area contributed by atoms with Gasteiger partial charge in [0.2, 0.25) is 5.91 Å². The molecule has 1 unspecified atom stereocenters. The number of hydrogen-bond donors (Lipinski definition) is 2. The Hall–Kier alpha value is -1.72. The van der Waals surface area contributed by atoms with Gasteiger partial charge in [-0.3, -0.25) is 4.79 Å². The lowest BCUT2D eigenvalue weighted by Crippen LogP contribution is -2.44. The Bertz CT molecular complexity index is 627. The molecule has 3 rings (SSSR count). The lowest BCUT2D eigenvalue weighted by atomic mass is 9.95. The van der Waals surface area contributed by atoms with Gasteiger partial charge in [0.05, 0.1) is 6.04 Å². The Morgan fingerprint density at radius 3 is 2.80 bits per heavy atom. The van der Waals surface area contributed by atoms with Gasteiger partial charge in [-0.1, -0.05) is 24.3 Å². The van der Waals surface area contributed by atoms with E-state index in [-0.39, 0.29) is 11.9 Å². The van der Waals surface area contributed by atoms with Gasteiger partial charge in [-0.05, 0) is 45.6 Å². The monoisotopic (exact) mass is 331 g/mol. The third kappa shape index (κ3) is 2.89. The molecule has 1 aromatic carbocycles. The van der Waals surface area contributed by atoms with Crippen LogP contribution in [-0.4, -0.2) is 16.9 Å². The Morgan fingerprint density at radius 2 is 2.05 bits per heavy atom. The van der Waals surface area contributed by atoms with E-state index in [2.05, 4.69) is 43.7 Å². The molecular weight excluding hydrogens is 318 g/mol. The van der Waals surface area contributed by atoms with Crippen molar-refractivity contribution in [2.45, 2.75) is 19.0 Å². The highest BCUT2D eigenvalue weighted by Crippen LogP contribution is 2.17. The van der Waals surface area contributed by atoms with Gasteiger partial charge in [-0.2, -0.15) is 0 Å². The van der Waals surface area contributed by atoms with Crippen LogP contribution in [-0.2, 0) is 17.8 Å². The SMILES string of the molecule is O=C(Nc1ccc(Br)cn1)C1Cc2ccccc2CN1. The van der Waals surface area contributed by atoms with Crippen molar-refractivity contribution in [3.05, 3.63) is 58.2 Å². The largest absolute Gasteiger partial charge is 0.309 e. The van der Waals surface area contributed by atoms with E-state index >= 15 is 0 Å². The van der Waals surface area contributed by atoms with E-state index in [0.29, 0.717) is 12.2 Å². The van der Waals surface area contributed by atoms with Crippen LogP contribution < -0.4 is 10.6 Å². The lowest BCUT2D eigenvalue weighted by molar-refractivity contribution is -0.118. The first-order chi connectivity index (χ1) is 9.72. The quantitative estimate of drug-likeness (QED) is 0.888. The second-order valence-corrected chi connectivity index (χ2v) is 5.67. The molecule has 5 heteroatoms. The molecule has 1 atom stereocenters. The first-order valence-electron chi connectivity index (χ1n) is 6.45. The van der Waals surface area contributed by atoms with Crippen molar-refractivity contribution < 1.29 is 4.79 Å². The first-order valence-corrected chi connectivity index (χ1v) is 7.24. The van der Waals surface area contributed by atoms with Gasteiger partial charge < -0.3 is 10.6 Å². The van der Waals surface area contributed by atoms with Crippen molar-refractivity contribution in [2.24, 2.45) is 0 Å². The van der Waals surface area contributed by atoms with Gasteiger partial charge in [0.15, 0.2) is 0 Å². The number of carbonyl (C=O) groups excluding carboxylic acids is 1. The molecule has 20 heavy (non-hydrogen) atoms. The van der Waals surface area contributed by atoms with Crippen LogP contribution in [0.3, 0.4) is 0 Å². The summed E-state index contributed by atoms with van der Waals surface area (Å²) in [5.41, 5.74) is 2.49. The maximum Gasteiger partial charge on any atom is 0.243 e.